The van der Waals surface area contributed by atoms with Crippen molar-refractivity contribution < 1.29 is 37.0 Å². The second-order valence-electron chi connectivity index (χ2n) is 7.90. The zero-order valence-electron chi connectivity index (χ0n) is 18.1. The SMILES string of the molecule is CC(C)N1CC(OCc2ccc(OC(F)(F)F)cc2)CN(C(=O)c2cc[n+]([O-])cc2)CC1=O. The molecule has 3 rings (SSSR count). The first-order valence-corrected chi connectivity index (χ1v) is 10.3. The van der Waals surface area contributed by atoms with Crippen molar-refractivity contribution in [3.63, 3.8) is 0 Å². The Kier molecular flexibility index (Phi) is 7.42. The molecular formula is C22H24F3N3O5. The van der Waals surface area contributed by atoms with Crippen molar-refractivity contribution >= 4 is 11.8 Å². The fourth-order valence-electron chi connectivity index (χ4n) is 3.44. The summed E-state index contributed by atoms with van der Waals surface area (Å²) in [6.07, 6.45) is -2.89. The van der Waals surface area contributed by atoms with E-state index in [2.05, 4.69) is 4.74 Å². The molecule has 0 bridgehead atoms. The van der Waals surface area contributed by atoms with E-state index in [0.717, 1.165) is 0 Å². The molecule has 2 aromatic rings. The van der Waals surface area contributed by atoms with Crippen molar-refractivity contribution in [2.75, 3.05) is 19.6 Å². The zero-order valence-corrected chi connectivity index (χ0v) is 18.1. The third-order valence-corrected chi connectivity index (χ3v) is 5.07. The second kappa shape index (κ2) is 10.1. The van der Waals surface area contributed by atoms with E-state index < -0.39 is 18.4 Å². The lowest BCUT2D eigenvalue weighted by molar-refractivity contribution is -0.605. The predicted octanol–water partition coefficient (Wildman–Crippen LogP) is 2.50. The van der Waals surface area contributed by atoms with Crippen LogP contribution in [0.3, 0.4) is 0 Å². The van der Waals surface area contributed by atoms with Gasteiger partial charge < -0.3 is 24.5 Å². The highest BCUT2D eigenvalue weighted by Crippen LogP contribution is 2.23. The lowest BCUT2D eigenvalue weighted by Crippen LogP contribution is -2.42. The molecule has 0 saturated carbocycles. The maximum atomic E-state index is 12.9. The summed E-state index contributed by atoms with van der Waals surface area (Å²) >= 11 is 0. The van der Waals surface area contributed by atoms with Crippen LogP contribution >= 0.6 is 0 Å². The molecular weight excluding hydrogens is 443 g/mol. The first-order chi connectivity index (χ1) is 15.5. The van der Waals surface area contributed by atoms with Gasteiger partial charge in [0.05, 0.1) is 18.3 Å². The number of hydrogen-bond acceptors (Lipinski definition) is 5. The van der Waals surface area contributed by atoms with E-state index >= 15 is 0 Å². The van der Waals surface area contributed by atoms with Gasteiger partial charge in [0.25, 0.3) is 5.91 Å². The Morgan fingerprint density at radius 3 is 2.36 bits per heavy atom. The first-order valence-electron chi connectivity index (χ1n) is 10.3. The third kappa shape index (κ3) is 6.82. The summed E-state index contributed by atoms with van der Waals surface area (Å²) < 4.78 is 47.3. The highest BCUT2D eigenvalue weighted by Gasteiger charge is 2.33. The van der Waals surface area contributed by atoms with Gasteiger partial charge in [0.1, 0.15) is 12.3 Å². The van der Waals surface area contributed by atoms with Gasteiger partial charge in [-0.05, 0) is 31.5 Å². The Balaban J connectivity index is 1.71. The van der Waals surface area contributed by atoms with Gasteiger partial charge in [-0.15, -0.1) is 13.2 Å². The Morgan fingerprint density at radius 2 is 1.79 bits per heavy atom. The number of halogens is 3. The Morgan fingerprint density at radius 1 is 1.15 bits per heavy atom. The number of carbonyl (C=O) groups excluding carboxylic acids is 2. The smallest absolute Gasteiger partial charge is 0.573 e. The van der Waals surface area contributed by atoms with Gasteiger partial charge in [-0.25, -0.2) is 0 Å². The number of amides is 2. The number of alkyl halides is 3. The van der Waals surface area contributed by atoms with Gasteiger partial charge in [0.2, 0.25) is 5.91 Å². The lowest BCUT2D eigenvalue weighted by Gasteiger charge is -2.27. The van der Waals surface area contributed by atoms with Crippen molar-refractivity contribution in [1.29, 1.82) is 0 Å². The molecule has 0 spiro atoms. The Bertz CT molecular complexity index is 965. The van der Waals surface area contributed by atoms with Crippen LogP contribution in [-0.4, -0.2) is 59.8 Å². The maximum Gasteiger partial charge on any atom is 0.573 e. The summed E-state index contributed by atoms with van der Waals surface area (Å²) in [5.74, 6) is -0.971. The second-order valence-corrected chi connectivity index (χ2v) is 7.90. The maximum absolute atomic E-state index is 12.9. The molecule has 1 aromatic carbocycles. The van der Waals surface area contributed by atoms with E-state index in [1.165, 1.54) is 53.7 Å². The predicted molar refractivity (Wildman–Crippen MR) is 110 cm³/mol. The fourth-order valence-corrected chi connectivity index (χ4v) is 3.44. The van der Waals surface area contributed by atoms with Crippen LogP contribution in [0.15, 0.2) is 48.8 Å². The van der Waals surface area contributed by atoms with Crippen molar-refractivity contribution in [3.8, 4) is 5.75 Å². The number of nitrogens with zero attached hydrogens (tertiary/aromatic N) is 3. The van der Waals surface area contributed by atoms with E-state index in [1.54, 1.807) is 4.90 Å². The molecule has 2 heterocycles. The van der Waals surface area contributed by atoms with Crippen LogP contribution in [0, 0.1) is 5.21 Å². The van der Waals surface area contributed by atoms with Crippen LogP contribution in [0.2, 0.25) is 0 Å². The number of carbonyl (C=O) groups is 2. The number of hydrogen-bond donors (Lipinski definition) is 0. The molecule has 11 heteroatoms. The first kappa shape index (κ1) is 24.3. The average Bonchev–Trinajstić information content (AvgIpc) is 2.91. The Labute approximate surface area is 188 Å². The van der Waals surface area contributed by atoms with E-state index in [4.69, 9.17) is 4.74 Å². The molecule has 178 valence electrons. The highest BCUT2D eigenvalue weighted by atomic mass is 19.4. The molecule has 0 aliphatic carbocycles. The van der Waals surface area contributed by atoms with Crippen LogP contribution in [0.1, 0.15) is 29.8 Å². The van der Waals surface area contributed by atoms with Crippen LogP contribution in [-0.2, 0) is 16.1 Å². The number of benzene rings is 1. The van der Waals surface area contributed by atoms with Gasteiger partial charge in [0, 0.05) is 31.3 Å². The summed E-state index contributed by atoms with van der Waals surface area (Å²) in [4.78, 5) is 28.7. The highest BCUT2D eigenvalue weighted by molar-refractivity contribution is 5.96. The number of pyridine rings is 1. The van der Waals surface area contributed by atoms with Gasteiger partial charge in [-0.3, -0.25) is 9.59 Å². The fraction of sp³-hybridized carbons (Fsp3) is 0.409. The van der Waals surface area contributed by atoms with E-state index in [0.29, 0.717) is 10.3 Å². The van der Waals surface area contributed by atoms with Gasteiger partial charge in [-0.1, -0.05) is 12.1 Å². The van der Waals surface area contributed by atoms with Gasteiger partial charge in [-0.2, -0.15) is 4.73 Å². The minimum absolute atomic E-state index is 0.0701. The quantitative estimate of drug-likeness (QED) is 0.482. The minimum Gasteiger partial charge on any atom is -0.619 e. The normalized spacial score (nSPS) is 17.3. The van der Waals surface area contributed by atoms with Crippen LogP contribution in [0.4, 0.5) is 13.2 Å². The average molecular weight is 467 g/mol. The third-order valence-electron chi connectivity index (χ3n) is 5.07. The molecule has 0 N–H and O–H groups in total. The molecule has 1 unspecified atom stereocenters. The van der Waals surface area contributed by atoms with Crippen LogP contribution < -0.4 is 9.47 Å². The lowest BCUT2D eigenvalue weighted by atomic mass is 10.2. The molecule has 0 radical (unpaired) electrons. The number of aromatic nitrogens is 1. The van der Waals surface area contributed by atoms with Crippen molar-refractivity contribution in [3.05, 3.63) is 65.1 Å². The summed E-state index contributed by atoms with van der Waals surface area (Å²) in [6.45, 7) is 4.04. The van der Waals surface area contributed by atoms with Crippen LogP contribution in [0.5, 0.6) is 5.75 Å². The summed E-state index contributed by atoms with van der Waals surface area (Å²) in [7, 11) is 0. The zero-order chi connectivity index (χ0) is 24.2. The Hall–Kier alpha value is -3.34. The van der Waals surface area contributed by atoms with E-state index in [9.17, 15) is 28.0 Å². The molecule has 1 aliphatic rings. The number of rotatable bonds is 6. The van der Waals surface area contributed by atoms with Crippen molar-refractivity contribution in [1.82, 2.24) is 9.80 Å². The molecule has 1 saturated heterocycles. The molecule has 1 aromatic heterocycles. The standard InChI is InChI=1S/C22H24F3N3O5/c1-15(2)28-12-19(32-14-16-3-5-18(6-4-16)33-22(23,24)25)11-26(13-20(28)29)21(30)17-7-9-27(31)10-8-17/h3-10,15,19H,11-14H2,1-2H3. The van der Waals surface area contributed by atoms with Crippen molar-refractivity contribution in [2.24, 2.45) is 0 Å². The monoisotopic (exact) mass is 467 g/mol. The summed E-state index contributed by atoms with van der Waals surface area (Å²) in [5.41, 5.74) is 0.879. The van der Waals surface area contributed by atoms with Crippen molar-refractivity contribution in [2.45, 2.75) is 39.0 Å². The molecule has 1 aliphatic heterocycles. The van der Waals surface area contributed by atoms with Gasteiger partial charge >= 0.3 is 6.36 Å². The summed E-state index contributed by atoms with van der Waals surface area (Å²) in [5, 5.41) is 11.3. The summed E-state index contributed by atoms with van der Waals surface area (Å²) in [6, 6.07) is 7.93. The molecule has 1 atom stereocenters. The topological polar surface area (TPSA) is 86.0 Å². The van der Waals surface area contributed by atoms with Gasteiger partial charge in [0.15, 0.2) is 12.4 Å². The van der Waals surface area contributed by atoms with Crippen LogP contribution in [0.25, 0.3) is 0 Å². The van der Waals surface area contributed by atoms with E-state index in [-0.39, 0.29) is 49.5 Å². The molecule has 2 amide bonds. The molecule has 1 fully saturated rings. The number of ether oxygens (including phenoxy) is 2. The van der Waals surface area contributed by atoms with E-state index in [1.807, 2.05) is 13.8 Å². The molecule has 33 heavy (non-hydrogen) atoms. The largest absolute Gasteiger partial charge is 0.619 e. The molecule has 8 nitrogen and oxygen atoms in total. The minimum atomic E-state index is -4.77.